The number of aryl methyl sites for hydroxylation is 2. The van der Waals surface area contributed by atoms with Gasteiger partial charge in [-0.25, -0.2) is 9.78 Å². The van der Waals surface area contributed by atoms with Gasteiger partial charge in [0.15, 0.2) is 0 Å². The third kappa shape index (κ3) is 15.1. The second kappa shape index (κ2) is 23.6. The number of nitro benzene ring substituents is 2. The number of rotatable bonds is 26. The molecule has 356 valence electrons. The summed E-state index contributed by atoms with van der Waals surface area (Å²) in [6.07, 6.45) is 7.00. The molecule has 0 aliphatic carbocycles. The highest BCUT2D eigenvalue weighted by Gasteiger charge is 2.42. The lowest BCUT2D eigenvalue weighted by Crippen LogP contribution is -2.46. The first-order chi connectivity index (χ1) is 31.1. The van der Waals surface area contributed by atoms with Gasteiger partial charge in [0.05, 0.1) is 60.9 Å². The van der Waals surface area contributed by atoms with E-state index in [-0.39, 0.29) is 23.6 Å². The van der Waals surface area contributed by atoms with E-state index in [2.05, 4.69) is 39.8 Å². The van der Waals surface area contributed by atoms with Gasteiger partial charge >= 0.3 is 0 Å². The maximum Gasteiger partial charge on any atom is 0.269 e. The van der Waals surface area contributed by atoms with Crippen LogP contribution in [0.15, 0.2) is 60.9 Å². The molecule has 2 aliphatic rings. The first kappa shape index (κ1) is 49.6. The standard InChI is InChI=1S/C44H63N9O12/c1-31(7-17-39-43(3,4)64-62-41(60-39)33-9-13-37(14-10-33)52(54)55)19-23-50-27-35(46-48-50)29-58-25-21-45-22-26-59-30-36-28-51(49-47-36)24-20-32(2)8-18-40-44(5,6)65-63-42(61-40)34-11-15-38(16-12-34)53(56)57/h9-16,27-28,31-32,39-42,45H,7-8,17-26,29-30H2,1-6H3. The fraction of sp³-hybridized carbons (Fsp3) is 0.636. The van der Waals surface area contributed by atoms with Crippen molar-refractivity contribution in [3.8, 4) is 0 Å². The molecule has 2 aliphatic heterocycles. The Balaban J connectivity index is 0.774. The van der Waals surface area contributed by atoms with Crippen LogP contribution in [0.5, 0.6) is 0 Å². The predicted molar refractivity (Wildman–Crippen MR) is 232 cm³/mol. The van der Waals surface area contributed by atoms with E-state index in [4.69, 9.17) is 38.5 Å². The maximum atomic E-state index is 11.0. The Morgan fingerprint density at radius 2 is 1.06 bits per heavy atom. The molecule has 4 heterocycles. The zero-order chi connectivity index (χ0) is 46.4. The quantitative estimate of drug-likeness (QED) is 0.0282. The lowest BCUT2D eigenvalue weighted by atomic mass is 9.92. The van der Waals surface area contributed by atoms with Crippen LogP contribution in [0.25, 0.3) is 0 Å². The summed E-state index contributed by atoms with van der Waals surface area (Å²) in [5.74, 6) is 0.776. The minimum atomic E-state index is -0.761. The van der Waals surface area contributed by atoms with Crippen molar-refractivity contribution in [3.05, 3.63) is 104 Å². The van der Waals surface area contributed by atoms with Crippen LogP contribution in [0.3, 0.4) is 0 Å². The number of benzene rings is 2. The summed E-state index contributed by atoms with van der Waals surface area (Å²) in [4.78, 5) is 43.5. The molecule has 21 nitrogen and oxygen atoms in total. The highest BCUT2D eigenvalue weighted by Crippen LogP contribution is 2.38. The van der Waals surface area contributed by atoms with Crippen LogP contribution in [0.2, 0.25) is 0 Å². The summed E-state index contributed by atoms with van der Waals surface area (Å²) in [5, 5.41) is 42.4. The zero-order valence-electron chi connectivity index (χ0n) is 38.1. The van der Waals surface area contributed by atoms with Gasteiger partial charge in [0.25, 0.3) is 11.4 Å². The van der Waals surface area contributed by atoms with Gasteiger partial charge in [0.1, 0.15) is 22.6 Å². The summed E-state index contributed by atoms with van der Waals surface area (Å²) >= 11 is 0. The molecule has 0 radical (unpaired) electrons. The summed E-state index contributed by atoms with van der Waals surface area (Å²) < 4.78 is 27.8. The maximum absolute atomic E-state index is 11.0. The largest absolute Gasteiger partial charge is 0.374 e. The Kier molecular flexibility index (Phi) is 18.0. The van der Waals surface area contributed by atoms with E-state index in [1.54, 1.807) is 24.3 Å². The molecule has 2 aromatic carbocycles. The molecule has 6 rings (SSSR count). The van der Waals surface area contributed by atoms with E-state index in [1.807, 2.05) is 49.5 Å². The fourth-order valence-corrected chi connectivity index (χ4v) is 7.38. The van der Waals surface area contributed by atoms with Gasteiger partial charge in [-0.2, -0.15) is 9.78 Å². The summed E-state index contributed by atoms with van der Waals surface area (Å²) in [6.45, 7) is 16.7. The molecule has 0 saturated carbocycles. The van der Waals surface area contributed by atoms with Crippen molar-refractivity contribution in [1.82, 2.24) is 35.3 Å². The second-order valence-electron chi connectivity index (χ2n) is 17.9. The molecule has 6 atom stereocenters. The van der Waals surface area contributed by atoms with E-state index < -0.39 is 33.6 Å². The number of hydrogen-bond donors (Lipinski definition) is 1. The van der Waals surface area contributed by atoms with Gasteiger partial charge in [-0.1, -0.05) is 24.3 Å². The first-order valence-corrected chi connectivity index (χ1v) is 22.3. The molecule has 2 fully saturated rings. The highest BCUT2D eigenvalue weighted by molar-refractivity contribution is 5.34. The lowest BCUT2D eigenvalue weighted by molar-refractivity contribution is -0.487. The zero-order valence-corrected chi connectivity index (χ0v) is 38.1. The summed E-state index contributed by atoms with van der Waals surface area (Å²) in [6, 6.07) is 12.2. The van der Waals surface area contributed by atoms with Crippen LogP contribution in [0.1, 0.15) is 115 Å². The lowest BCUT2D eigenvalue weighted by Gasteiger charge is -2.41. The Morgan fingerprint density at radius 3 is 1.45 bits per heavy atom. The predicted octanol–water partition coefficient (Wildman–Crippen LogP) is 7.27. The van der Waals surface area contributed by atoms with E-state index in [0.717, 1.165) is 63.0 Å². The Bertz CT molecular complexity index is 1940. The molecule has 2 aromatic heterocycles. The molecule has 0 amide bonds. The molecule has 2 saturated heterocycles. The molecule has 4 aromatic rings. The minimum Gasteiger partial charge on any atom is -0.374 e. The van der Waals surface area contributed by atoms with E-state index in [0.29, 0.717) is 62.5 Å². The van der Waals surface area contributed by atoms with Gasteiger partial charge < -0.3 is 24.3 Å². The monoisotopic (exact) mass is 909 g/mol. The summed E-state index contributed by atoms with van der Waals surface area (Å²) in [5.41, 5.74) is 1.57. The van der Waals surface area contributed by atoms with Crippen LogP contribution in [0.4, 0.5) is 11.4 Å². The van der Waals surface area contributed by atoms with Gasteiger partial charge in [0.2, 0.25) is 12.6 Å². The van der Waals surface area contributed by atoms with Crippen molar-refractivity contribution < 1.29 is 48.3 Å². The molecule has 65 heavy (non-hydrogen) atoms. The van der Waals surface area contributed by atoms with Crippen LogP contribution in [-0.2, 0) is 64.8 Å². The van der Waals surface area contributed by atoms with Gasteiger partial charge in [-0.05, 0) is 102 Å². The third-order valence-electron chi connectivity index (χ3n) is 11.6. The van der Waals surface area contributed by atoms with E-state index >= 15 is 0 Å². The molecule has 21 heteroatoms. The van der Waals surface area contributed by atoms with E-state index in [1.165, 1.54) is 24.3 Å². The van der Waals surface area contributed by atoms with Crippen LogP contribution in [-0.4, -0.2) is 89.5 Å². The van der Waals surface area contributed by atoms with Crippen molar-refractivity contribution in [2.24, 2.45) is 11.8 Å². The Labute approximate surface area is 378 Å². The van der Waals surface area contributed by atoms with Gasteiger partial charge in [-0.15, -0.1) is 10.2 Å². The Morgan fingerprint density at radius 1 is 0.662 bits per heavy atom. The second-order valence-corrected chi connectivity index (χ2v) is 17.9. The Hall–Kier alpha value is -4.84. The molecule has 0 spiro atoms. The minimum absolute atomic E-state index is 0.00309. The van der Waals surface area contributed by atoms with Crippen molar-refractivity contribution in [1.29, 1.82) is 0 Å². The molecule has 6 unspecified atom stereocenters. The van der Waals surface area contributed by atoms with Gasteiger partial charge in [-0.3, -0.25) is 29.6 Å². The number of ether oxygens (including phenoxy) is 4. The van der Waals surface area contributed by atoms with Crippen molar-refractivity contribution in [2.75, 3.05) is 26.3 Å². The summed E-state index contributed by atoms with van der Waals surface area (Å²) in [7, 11) is 0. The van der Waals surface area contributed by atoms with Crippen molar-refractivity contribution in [2.45, 2.75) is 142 Å². The third-order valence-corrected chi connectivity index (χ3v) is 11.6. The van der Waals surface area contributed by atoms with Crippen molar-refractivity contribution >= 4 is 11.4 Å². The first-order valence-electron chi connectivity index (χ1n) is 22.3. The van der Waals surface area contributed by atoms with Gasteiger partial charge in [0, 0.05) is 61.6 Å². The van der Waals surface area contributed by atoms with Crippen LogP contribution < -0.4 is 5.32 Å². The molecule has 1 N–H and O–H groups in total. The highest BCUT2D eigenvalue weighted by atomic mass is 17.2. The normalized spacial score (nSPS) is 21.5. The average molecular weight is 910 g/mol. The number of hydrogen-bond acceptors (Lipinski definition) is 17. The SMILES string of the molecule is CC(CCC1OC(c2ccc([N+](=O)[O-])cc2)OOC1(C)C)CCn1cc(COCCNCCOCc2cn(CCC(C)CCC3OC(c4ccc([N+](=O)[O-])cc4)OOC3(C)C)nn2)nn1. The number of aromatic nitrogens is 6. The molecular weight excluding hydrogens is 847 g/mol. The van der Waals surface area contributed by atoms with E-state index in [9.17, 15) is 20.2 Å². The number of nitrogens with one attached hydrogen (secondary N) is 1. The number of nitro groups is 2. The van der Waals surface area contributed by atoms with Crippen LogP contribution in [0, 0.1) is 32.1 Å². The fourth-order valence-electron chi connectivity index (χ4n) is 7.38. The van der Waals surface area contributed by atoms with Crippen molar-refractivity contribution in [3.63, 3.8) is 0 Å². The average Bonchev–Trinajstić information content (AvgIpc) is 3.95. The molecular formula is C44H63N9O12. The smallest absolute Gasteiger partial charge is 0.269 e. The molecule has 0 bridgehead atoms. The van der Waals surface area contributed by atoms with Crippen LogP contribution >= 0.6 is 0 Å². The topological polar surface area (TPSA) is 234 Å². The number of non-ortho nitro benzene ring substituents is 2. The number of nitrogens with zero attached hydrogens (tertiary/aromatic N) is 8.